The number of nitrogens with one attached hydrogen (secondary N) is 2. The molecule has 0 aromatic heterocycles. The van der Waals surface area contributed by atoms with Crippen LogP contribution in [0.15, 0.2) is 12.1 Å². The first-order valence-electron chi connectivity index (χ1n) is 5.17. The molecule has 0 saturated heterocycles. The van der Waals surface area contributed by atoms with Crippen LogP contribution in [-0.4, -0.2) is 35.0 Å². The van der Waals surface area contributed by atoms with Gasteiger partial charge in [0.15, 0.2) is 0 Å². The highest BCUT2D eigenvalue weighted by molar-refractivity contribution is 6.42. The predicted octanol–water partition coefficient (Wildman–Crippen LogP) is 1.51. The van der Waals surface area contributed by atoms with E-state index in [1.165, 1.54) is 6.07 Å². The van der Waals surface area contributed by atoms with Crippen LogP contribution in [0.2, 0.25) is 10.0 Å². The highest BCUT2D eigenvalue weighted by atomic mass is 35.5. The Balaban J connectivity index is 2.77. The molecule has 0 fully saturated rings. The Labute approximate surface area is 122 Å². The number of hydrogen-bond donors (Lipinski definition) is 3. The number of carbonyl (C=O) groups is 2. The summed E-state index contributed by atoms with van der Waals surface area (Å²) in [5.74, 6) is -1.83. The Morgan fingerprint density at radius 3 is 2.40 bits per heavy atom. The molecule has 0 heterocycles. The summed E-state index contributed by atoms with van der Waals surface area (Å²) in [6, 6.07) is 2.27. The molecule has 8 nitrogen and oxygen atoms in total. The predicted molar refractivity (Wildman–Crippen MR) is 72.3 cm³/mol. The highest BCUT2D eigenvalue weighted by Crippen LogP contribution is 2.33. The van der Waals surface area contributed by atoms with Crippen molar-refractivity contribution in [2.75, 3.05) is 18.4 Å². The maximum absolute atomic E-state index is 11.3. The van der Waals surface area contributed by atoms with Crippen LogP contribution < -0.4 is 10.6 Å². The van der Waals surface area contributed by atoms with Gasteiger partial charge in [-0.25, -0.2) is 0 Å². The number of amides is 1. The minimum Gasteiger partial charge on any atom is -0.480 e. The van der Waals surface area contributed by atoms with Gasteiger partial charge in [-0.1, -0.05) is 23.2 Å². The lowest BCUT2D eigenvalue weighted by Gasteiger charge is -2.08. The van der Waals surface area contributed by atoms with Crippen molar-refractivity contribution in [2.45, 2.75) is 0 Å². The number of benzene rings is 1. The van der Waals surface area contributed by atoms with Crippen molar-refractivity contribution in [1.82, 2.24) is 5.32 Å². The zero-order chi connectivity index (χ0) is 15.3. The average molecular weight is 322 g/mol. The molecule has 10 heteroatoms. The van der Waals surface area contributed by atoms with Crippen molar-refractivity contribution >= 4 is 46.5 Å². The van der Waals surface area contributed by atoms with Gasteiger partial charge in [0.2, 0.25) is 5.91 Å². The van der Waals surface area contributed by atoms with Crippen molar-refractivity contribution in [1.29, 1.82) is 0 Å². The topological polar surface area (TPSA) is 122 Å². The third-order valence-corrected chi connectivity index (χ3v) is 2.83. The van der Waals surface area contributed by atoms with E-state index in [0.717, 1.165) is 6.07 Å². The normalized spacial score (nSPS) is 9.90. The number of nitro benzene ring substituents is 1. The van der Waals surface area contributed by atoms with Crippen molar-refractivity contribution in [3.8, 4) is 0 Å². The van der Waals surface area contributed by atoms with Gasteiger partial charge in [0.1, 0.15) is 12.2 Å². The van der Waals surface area contributed by atoms with Gasteiger partial charge in [-0.3, -0.25) is 19.7 Å². The largest absolute Gasteiger partial charge is 0.480 e. The number of carbonyl (C=O) groups excluding carboxylic acids is 1. The van der Waals surface area contributed by atoms with E-state index in [2.05, 4.69) is 10.6 Å². The molecule has 1 rings (SSSR count). The van der Waals surface area contributed by atoms with Crippen molar-refractivity contribution in [3.05, 3.63) is 32.3 Å². The fraction of sp³-hybridized carbons (Fsp3) is 0.200. The number of carboxylic acid groups (broad SMARTS) is 1. The second-order valence-electron chi connectivity index (χ2n) is 3.56. The van der Waals surface area contributed by atoms with Gasteiger partial charge in [0.05, 0.1) is 21.5 Å². The van der Waals surface area contributed by atoms with Crippen LogP contribution in [-0.2, 0) is 9.59 Å². The standard InChI is InChI=1S/C10H9Cl2N3O5/c11-5-1-7(8(15(19)20)2-6(5)12)13-3-9(16)14-4-10(17)18/h1-2,13H,3-4H2,(H,14,16)(H,17,18). The van der Waals surface area contributed by atoms with E-state index in [4.69, 9.17) is 28.3 Å². The summed E-state index contributed by atoms with van der Waals surface area (Å²) < 4.78 is 0. The molecule has 0 atom stereocenters. The van der Waals surface area contributed by atoms with Crippen LogP contribution in [0.1, 0.15) is 0 Å². The molecule has 0 saturated carbocycles. The number of nitro groups is 1. The fourth-order valence-electron chi connectivity index (χ4n) is 1.24. The molecule has 3 N–H and O–H groups in total. The van der Waals surface area contributed by atoms with Gasteiger partial charge in [-0.15, -0.1) is 0 Å². The number of anilines is 1. The van der Waals surface area contributed by atoms with Crippen LogP contribution in [0.3, 0.4) is 0 Å². The molecule has 0 aliphatic rings. The molecule has 0 bridgehead atoms. The van der Waals surface area contributed by atoms with Gasteiger partial charge in [0.25, 0.3) is 5.69 Å². The Hall–Kier alpha value is -2.06. The Morgan fingerprint density at radius 1 is 1.25 bits per heavy atom. The summed E-state index contributed by atoms with van der Waals surface area (Å²) in [5.41, 5.74) is -0.333. The third-order valence-electron chi connectivity index (χ3n) is 2.11. The first-order chi connectivity index (χ1) is 9.31. The van der Waals surface area contributed by atoms with E-state index in [1.54, 1.807) is 0 Å². The van der Waals surface area contributed by atoms with Gasteiger partial charge < -0.3 is 15.7 Å². The van der Waals surface area contributed by atoms with Gasteiger partial charge in [-0.2, -0.15) is 0 Å². The first-order valence-corrected chi connectivity index (χ1v) is 5.92. The number of halogens is 2. The van der Waals surface area contributed by atoms with E-state index in [9.17, 15) is 19.7 Å². The van der Waals surface area contributed by atoms with Gasteiger partial charge in [0, 0.05) is 6.07 Å². The maximum atomic E-state index is 11.3. The van der Waals surface area contributed by atoms with Gasteiger partial charge in [-0.05, 0) is 6.07 Å². The monoisotopic (exact) mass is 321 g/mol. The number of nitrogens with zero attached hydrogens (tertiary/aromatic N) is 1. The zero-order valence-electron chi connectivity index (χ0n) is 9.85. The third kappa shape index (κ3) is 4.56. The molecule has 0 aliphatic carbocycles. The second-order valence-corrected chi connectivity index (χ2v) is 4.38. The van der Waals surface area contributed by atoms with Crippen LogP contribution in [0, 0.1) is 10.1 Å². The summed E-state index contributed by atoms with van der Waals surface area (Å²) in [7, 11) is 0. The Kier molecular flexibility index (Phi) is 5.53. The molecule has 1 amide bonds. The molecule has 108 valence electrons. The molecular weight excluding hydrogens is 313 g/mol. The van der Waals surface area contributed by atoms with Crippen molar-refractivity contribution < 1.29 is 19.6 Å². The Bertz CT molecular complexity index is 564. The van der Waals surface area contributed by atoms with Crippen LogP contribution in [0.25, 0.3) is 0 Å². The number of carboxylic acids is 1. The first kappa shape index (κ1) is 16.0. The summed E-state index contributed by atoms with van der Waals surface area (Å²) in [6.07, 6.45) is 0. The average Bonchev–Trinajstić information content (AvgIpc) is 2.36. The molecule has 1 aromatic carbocycles. The number of hydrogen-bond acceptors (Lipinski definition) is 5. The van der Waals surface area contributed by atoms with Crippen molar-refractivity contribution in [2.24, 2.45) is 0 Å². The van der Waals surface area contributed by atoms with Crippen LogP contribution in [0.5, 0.6) is 0 Å². The minimum atomic E-state index is -1.20. The van der Waals surface area contributed by atoms with E-state index < -0.39 is 23.3 Å². The zero-order valence-corrected chi connectivity index (χ0v) is 11.4. The highest BCUT2D eigenvalue weighted by Gasteiger charge is 2.17. The lowest BCUT2D eigenvalue weighted by Crippen LogP contribution is -2.33. The lowest BCUT2D eigenvalue weighted by atomic mass is 10.2. The van der Waals surface area contributed by atoms with Crippen molar-refractivity contribution in [3.63, 3.8) is 0 Å². The summed E-state index contributed by atoms with van der Waals surface area (Å²) >= 11 is 11.4. The minimum absolute atomic E-state index is 0.00914. The maximum Gasteiger partial charge on any atom is 0.322 e. The summed E-state index contributed by atoms with van der Waals surface area (Å²) in [4.78, 5) is 31.7. The quantitative estimate of drug-likeness (QED) is 0.539. The summed E-state index contributed by atoms with van der Waals surface area (Å²) in [6.45, 7) is -0.879. The molecular formula is C10H9Cl2N3O5. The lowest BCUT2D eigenvalue weighted by molar-refractivity contribution is -0.383. The van der Waals surface area contributed by atoms with Crippen LogP contribution >= 0.6 is 23.2 Å². The van der Waals surface area contributed by atoms with E-state index in [-0.39, 0.29) is 28.0 Å². The molecule has 0 spiro atoms. The molecule has 0 aliphatic heterocycles. The van der Waals surface area contributed by atoms with Crippen LogP contribution in [0.4, 0.5) is 11.4 Å². The molecule has 0 radical (unpaired) electrons. The smallest absolute Gasteiger partial charge is 0.322 e. The SMILES string of the molecule is O=C(O)CNC(=O)CNc1cc(Cl)c(Cl)cc1[N+](=O)[O-]. The number of rotatable bonds is 6. The number of aliphatic carboxylic acids is 1. The fourth-order valence-corrected chi connectivity index (χ4v) is 1.56. The summed E-state index contributed by atoms with van der Waals surface area (Å²) in [5, 5.41) is 23.9. The van der Waals surface area contributed by atoms with E-state index in [0.29, 0.717) is 0 Å². The molecule has 20 heavy (non-hydrogen) atoms. The molecule has 1 aromatic rings. The Morgan fingerprint density at radius 2 is 1.85 bits per heavy atom. The van der Waals surface area contributed by atoms with E-state index in [1.807, 2.05) is 0 Å². The second kappa shape index (κ2) is 6.92. The molecule has 0 unspecified atom stereocenters. The van der Waals surface area contributed by atoms with E-state index >= 15 is 0 Å². The van der Waals surface area contributed by atoms with Gasteiger partial charge >= 0.3 is 5.97 Å².